The number of aliphatic carboxylic acids is 1. The third-order valence-electron chi connectivity index (χ3n) is 7.32. The molecule has 0 bridgehead atoms. The maximum Gasteiger partial charge on any atom is 0.317 e. The topological polar surface area (TPSA) is 78.9 Å². The minimum Gasteiger partial charge on any atom is -0.481 e. The number of nitrogens with zero attached hydrogens (tertiary/aromatic N) is 1. The van der Waals surface area contributed by atoms with Crippen LogP contribution in [-0.2, 0) is 9.53 Å². The predicted octanol–water partition coefficient (Wildman–Crippen LogP) is 2.23. The fourth-order valence-corrected chi connectivity index (χ4v) is 5.67. The van der Waals surface area contributed by atoms with Gasteiger partial charge in [-0.05, 0) is 44.9 Å². The lowest BCUT2D eigenvalue weighted by atomic mass is 9.51. The van der Waals surface area contributed by atoms with Crippen molar-refractivity contribution in [3.8, 4) is 0 Å². The molecule has 0 aromatic heterocycles. The lowest BCUT2D eigenvalue weighted by molar-refractivity contribution is -0.169. The van der Waals surface area contributed by atoms with E-state index in [0.717, 1.165) is 38.7 Å². The highest BCUT2D eigenvalue weighted by Crippen LogP contribution is 2.57. The highest BCUT2D eigenvalue weighted by atomic mass is 16.5. The highest BCUT2D eigenvalue weighted by molar-refractivity contribution is 5.80. The molecule has 24 heavy (non-hydrogen) atoms. The molecule has 0 radical (unpaired) electrons. The van der Waals surface area contributed by atoms with Crippen molar-refractivity contribution in [2.24, 2.45) is 16.7 Å². The van der Waals surface area contributed by atoms with Crippen LogP contribution >= 0.6 is 0 Å². The van der Waals surface area contributed by atoms with E-state index in [0.29, 0.717) is 19.5 Å². The summed E-state index contributed by atoms with van der Waals surface area (Å²) in [6.45, 7) is 3.70. The summed E-state index contributed by atoms with van der Waals surface area (Å²) >= 11 is 0. The van der Waals surface area contributed by atoms with Gasteiger partial charge in [0.05, 0.1) is 11.5 Å². The van der Waals surface area contributed by atoms with Gasteiger partial charge >= 0.3 is 12.0 Å². The third-order valence-corrected chi connectivity index (χ3v) is 7.32. The number of hydrogen-bond donors (Lipinski definition) is 2. The van der Waals surface area contributed by atoms with Gasteiger partial charge in [0.25, 0.3) is 0 Å². The van der Waals surface area contributed by atoms with Gasteiger partial charge in [-0.25, -0.2) is 4.79 Å². The monoisotopic (exact) mass is 336 g/mol. The van der Waals surface area contributed by atoms with E-state index in [2.05, 4.69) is 5.32 Å². The van der Waals surface area contributed by atoms with Crippen LogP contribution in [0.3, 0.4) is 0 Å². The van der Waals surface area contributed by atoms with Crippen LogP contribution < -0.4 is 5.32 Å². The van der Waals surface area contributed by atoms with Gasteiger partial charge in [-0.3, -0.25) is 4.79 Å². The second-order valence-electron chi connectivity index (χ2n) is 8.20. The van der Waals surface area contributed by atoms with Gasteiger partial charge in [0.1, 0.15) is 0 Å². The van der Waals surface area contributed by atoms with E-state index >= 15 is 0 Å². The quantitative estimate of drug-likeness (QED) is 0.825. The van der Waals surface area contributed by atoms with Crippen molar-refractivity contribution >= 4 is 12.0 Å². The Bertz CT molecular complexity index is 547. The Morgan fingerprint density at radius 1 is 1.29 bits per heavy atom. The molecular formula is C18H28N2O4. The Morgan fingerprint density at radius 2 is 2.08 bits per heavy atom. The number of carbonyl (C=O) groups is 2. The number of urea groups is 1. The molecule has 1 aliphatic heterocycles. The molecule has 6 heteroatoms. The van der Waals surface area contributed by atoms with Gasteiger partial charge < -0.3 is 20.1 Å². The van der Waals surface area contributed by atoms with Crippen molar-refractivity contribution in [1.29, 1.82) is 0 Å². The smallest absolute Gasteiger partial charge is 0.317 e. The molecule has 4 fully saturated rings. The second kappa shape index (κ2) is 5.61. The van der Waals surface area contributed by atoms with Crippen LogP contribution in [0.25, 0.3) is 0 Å². The van der Waals surface area contributed by atoms with Crippen LogP contribution in [0.4, 0.5) is 4.79 Å². The van der Waals surface area contributed by atoms with Crippen molar-refractivity contribution in [3.63, 3.8) is 0 Å². The maximum atomic E-state index is 12.7. The van der Waals surface area contributed by atoms with E-state index in [4.69, 9.17) is 4.74 Å². The SMILES string of the molecule is CCOC1CC(NC(=O)N2C[C@@H]3CCC[C@@]3(C(=O)O)C2)C12CCC2. The molecule has 1 heterocycles. The number of amides is 2. The molecule has 3 aliphatic carbocycles. The summed E-state index contributed by atoms with van der Waals surface area (Å²) in [5, 5.41) is 12.9. The number of hydrogen-bond acceptors (Lipinski definition) is 3. The zero-order valence-corrected chi connectivity index (χ0v) is 14.4. The molecular weight excluding hydrogens is 308 g/mol. The maximum absolute atomic E-state index is 12.7. The fraction of sp³-hybridized carbons (Fsp3) is 0.889. The molecule has 4 atom stereocenters. The minimum absolute atomic E-state index is 0.0729. The van der Waals surface area contributed by atoms with Crippen molar-refractivity contribution in [3.05, 3.63) is 0 Å². The summed E-state index contributed by atoms with van der Waals surface area (Å²) in [5.41, 5.74) is -0.551. The first-order valence-electron chi connectivity index (χ1n) is 9.42. The number of fused-ring (bicyclic) bond motifs is 1. The molecule has 0 aromatic rings. The zero-order valence-electron chi connectivity index (χ0n) is 14.4. The van der Waals surface area contributed by atoms with Crippen molar-refractivity contribution in [2.75, 3.05) is 19.7 Å². The summed E-state index contributed by atoms with van der Waals surface area (Å²) in [6, 6.07) is 0.118. The molecule has 4 rings (SSSR count). The van der Waals surface area contributed by atoms with E-state index in [9.17, 15) is 14.7 Å². The van der Waals surface area contributed by atoms with Crippen LogP contribution in [-0.4, -0.2) is 53.8 Å². The van der Waals surface area contributed by atoms with Gasteiger partial charge in [-0.1, -0.05) is 12.8 Å². The number of carboxylic acid groups (broad SMARTS) is 1. The van der Waals surface area contributed by atoms with Crippen molar-refractivity contribution < 1.29 is 19.4 Å². The van der Waals surface area contributed by atoms with E-state index < -0.39 is 11.4 Å². The molecule has 1 spiro atoms. The van der Waals surface area contributed by atoms with Crippen LogP contribution in [0.1, 0.15) is 51.9 Å². The third kappa shape index (κ3) is 2.11. The number of carbonyl (C=O) groups excluding carboxylic acids is 1. The summed E-state index contributed by atoms with van der Waals surface area (Å²) in [6.07, 6.45) is 7.24. The Morgan fingerprint density at radius 3 is 2.67 bits per heavy atom. The standard InChI is InChI=1S/C18H28N2O4/c1-2-24-14-9-13(17(14)7-4-8-17)19-16(23)20-10-12-5-3-6-18(12,11-20)15(21)22/h12-14H,2-11H2,1H3,(H,19,23)(H,21,22)/t12-,13?,14?,18+/m0/s1. The minimum atomic E-state index is -0.726. The van der Waals surface area contributed by atoms with Crippen LogP contribution in [0, 0.1) is 16.7 Å². The average Bonchev–Trinajstić information content (AvgIpc) is 3.01. The Hall–Kier alpha value is -1.30. The van der Waals surface area contributed by atoms with Crippen LogP contribution in [0.15, 0.2) is 0 Å². The van der Waals surface area contributed by atoms with Gasteiger partial charge in [-0.15, -0.1) is 0 Å². The molecule has 4 aliphatic rings. The molecule has 3 saturated carbocycles. The molecule has 2 unspecified atom stereocenters. The first-order chi connectivity index (χ1) is 11.5. The Labute approximate surface area is 142 Å². The first-order valence-corrected chi connectivity index (χ1v) is 9.42. The van der Waals surface area contributed by atoms with Gasteiger partial charge in [0.2, 0.25) is 0 Å². The lowest BCUT2D eigenvalue weighted by Gasteiger charge is -2.61. The number of rotatable bonds is 4. The molecule has 2 N–H and O–H groups in total. The van der Waals surface area contributed by atoms with E-state index in [1.165, 1.54) is 6.42 Å². The summed E-state index contributed by atoms with van der Waals surface area (Å²) in [7, 11) is 0. The summed E-state index contributed by atoms with van der Waals surface area (Å²) in [5.74, 6) is -0.605. The molecule has 6 nitrogen and oxygen atoms in total. The largest absolute Gasteiger partial charge is 0.481 e. The van der Waals surface area contributed by atoms with Gasteiger partial charge in [0, 0.05) is 31.2 Å². The molecule has 2 amide bonds. The van der Waals surface area contributed by atoms with Crippen LogP contribution in [0.2, 0.25) is 0 Å². The average molecular weight is 336 g/mol. The van der Waals surface area contributed by atoms with Crippen LogP contribution in [0.5, 0.6) is 0 Å². The number of carboxylic acids is 1. The van der Waals surface area contributed by atoms with E-state index in [1.54, 1.807) is 4.90 Å². The molecule has 1 saturated heterocycles. The number of ether oxygens (including phenoxy) is 1. The zero-order chi connectivity index (χ0) is 16.9. The second-order valence-corrected chi connectivity index (χ2v) is 8.20. The molecule has 134 valence electrons. The lowest BCUT2D eigenvalue weighted by Crippen LogP contribution is -2.68. The summed E-state index contributed by atoms with van der Waals surface area (Å²) < 4.78 is 5.84. The first kappa shape index (κ1) is 16.2. The van der Waals surface area contributed by atoms with Gasteiger partial charge in [0.15, 0.2) is 0 Å². The molecule has 0 aromatic carbocycles. The highest BCUT2D eigenvalue weighted by Gasteiger charge is 2.60. The summed E-state index contributed by atoms with van der Waals surface area (Å²) in [4.78, 5) is 26.2. The normalized spacial score (nSPS) is 39.2. The van der Waals surface area contributed by atoms with E-state index in [-0.39, 0.29) is 29.5 Å². The number of nitrogens with one attached hydrogen (secondary N) is 1. The van der Waals surface area contributed by atoms with E-state index in [1.807, 2.05) is 6.92 Å². The Kier molecular flexibility index (Phi) is 3.79. The fourth-order valence-electron chi connectivity index (χ4n) is 5.67. The van der Waals surface area contributed by atoms with Crippen molar-refractivity contribution in [2.45, 2.75) is 64.0 Å². The predicted molar refractivity (Wildman–Crippen MR) is 87.6 cm³/mol. The number of likely N-dealkylation sites (tertiary alicyclic amines) is 1. The Balaban J connectivity index is 1.39. The van der Waals surface area contributed by atoms with Gasteiger partial charge in [-0.2, -0.15) is 0 Å². The van der Waals surface area contributed by atoms with Crippen molar-refractivity contribution in [1.82, 2.24) is 10.2 Å².